The molecule has 2 N–H and O–H groups in total. The number of carbonyl (C=O) groups is 1. The molecule has 1 aliphatic rings. The van der Waals surface area contributed by atoms with Gasteiger partial charge in [0.1, 0.15) is 6.04 Å². The van der Waals surface area contributed by atoms with E-state index in [-0.39, 0.29) is 37.0 Å². The van der Waals surface area contributed by atoms with E-state index in [1.807, 2.05) is 0 Å². The first-order valence-electron chi connectivity index (χ1n) is 2.77. The van der Waals surface area contributed by atoms with Crippen molar-refractivity contribution < 1.29 is 40.9 Å². The van der Waals surface area contributed by atoms with E-state index in [4.69, 9.17) is 5.11 Å². The van der Waals surface area contributed by atoms with Gasteiger partial charge in [-0.1, -0.05) is 0 Å². The van der Waals surface area contributed by atoms with E-state index in [2.05, 4.69) is 5.32 Å². The van der Waals surface area contributed by atoms with Crippen LogP contribution in [0.3, 0.4) is 0 Å². The van der Waals surface area contributed by atoms with Crippen molar-refractivity contribution in [1.82, 2.24) is 5.32 Å². The van der Waals surface area contributed by atoms with E-state index in [9.17, 15) is 4.79 Å². The fraction of sp³-hybridized carbons (Fsp3) is 0.800. The molecule has 0 aromatic heterocycles. The zero-order valence-electron chi connectivity index (χ0n) is 6.55. The summed E-state index contributed by atoms with van der Waals surface area (Å²) in [6.07, 6.45) is 1.78. The summed E-state index contributed by atoms with van der Waals surface area (Å²) in [5.41, 5.74) is 0. The molecule has 0 spiro atoms. The Morgan fingerprint density at radius 2 is 2.44 bits per heavy atom. The van der Waals surface area contributed by atoms with Crippen LogP contribution in [0.2, 0.25) is 0 Å². The second-order valence-corrected chi connectivity index (χ2v) is 1.99. The summed E-state index contributed by atoms with van der Waals surface area (Å²) < 4.78 is 0. The summed E-state index contributed by atoms with van der Waals surface area (Å²) in [5, 5.41) is 11.2. The first-order valence-corrected chi connectivity index (χ1v) is 2.77. The third-order valence-corrected chi connectivity index (χ3v) is 1.36. The van der Waals surface area contributed by atoms with Crippen molar-refractivity contribution in [3.63, 3.8) is 0 Å². The minimum atomic E-state index is -0.720. The Balaban J connectivity index is 0. The standard InChI is InChI=1S/C5H9NO2.Na.H/c7-5(8)4-2-1-3-6-4;;/h4,6H,1-3H2,(H,7,8);;/q;+1;-1/t4-;;/m1../s1. The number of carboxylic acid groups (broad SMARTS) is 1. The Bertz CT molecular complexity index is 106. The minimum absolute atomic E-state index is 0. The summed E-state index contributed by atoms with van der Waals surface area (Å²) >= 11 is 0. The van der Waals surface area contributed by atoms with Crippen LogP contribution in [0.4, 0.5) is 0 Å². The van der Waals surface area contributed by atoms with E-state index in [1.54, 1.807) is 0 Å². The number of hydrogen-bond acceptors (Lipinski definition) is 2. The molecule has 9 heavy (non-hydrogen) atoms. The van der Waals surface area contributed by atoms with Gasteiger partial charge in [0.25, 0.3) is 0 Å². The monoisotopic (exact) mass is 139 g/mol. The van der Waals surface area contributed by atoms with Gasteiger partial charge in [-0.2, -0.15) is 0 Å². The van der Waals surface area contributed by atoms with Crippen LogP contribution in [0.5, 0.6) is 0 Å². The zero-order valence-corrected chi connectivity index (χ0v) is 7.55. The largest absolute Gasteiger partial charge is 1.00 e. The van der Waals surface area contributed by atoms with Gasteiger partial charge in [0, 0.05) is 0 Å². The van der Waals surface area contributed by atoms with Crippen molar-refractivity contribution in [2.45, 2.75) is 18.9 Å². The van der Waals surface area contributed by atoms with Crippen LogP contribution in [-0.2, 0) is 4.79 Å². The van der Waals surface area contributed by atoms with Gasteiger partial charge < -0.3 is 11.8 Å². The Morgan fingerprint density at radius 1 is 1.78 bits per heavy atom. The molecule has 1 saturated heterocycles. The van der Waals surface area contributed by atoms with Crippen LogP contribution in [0.1, 0.15) is 14.3 Å². The predicted molar refractivity (Wildman–Crippen MR) is 29.8 cm³/mol. The average Bonchev–Trinajstić information content (AvgIpc) is 2.12. The molecule has 1 fully saturated rings. The Kier molecular flexibility index (Phi) is 4.48. The third-order valence-electron chi connectivity index (χ3n) is 1.36. The van der Waals surface area contributed by atoms with Crippen LogP contribution in [0.15, 0.2) is 0 Å². The number of rotatable bonds is 1. The topological polar surface area (TPSA) is 49.3 Å². The fourth-order valence-electron chi connectivity index (χ4n) is 0.895. The van der Waals surface area contributed by atoms with Crippen LogP contribution in [0, 0.1) is 0 Å². The number of aliphatic carboxylic acids is 1. The molecule has 4 heteroatoms. The van der Waals surface area contributed by atoms with Crippen molar-refractivity contribution in [2.24, 2.45) is 0 Å². The van der Waals surface area contributed by atoms with Crippen LogP contribution in [-0.4, -0.2) is 23.7 Å². The summed E-state index contributed by atoms with van der Waals surface area (Å²) in [6.45, 7) is 0.858. The zero-order chi connectivity index (χ0) is 5.98. The van der Waals surface area contributed by atoms with Crippen molar-refractivity contribution in [3.8, 4) is 0 Å². The Labute approximate surface area is 77.6 Å². The van der Waals surface area contributed by atoms with Crippen LogP contribution < -0.4 is 34.9 Å². The van der Waals surface area contributed by atoms with E-state index in [1.165, 1.54) is 0 Å². The summed E-state index contributed by atoms with van der Waals surface area (Å²) in [7, 11) is 0. The molecule has 0 aromatic rings. The second-order valence-electron chi connectivity index (χ2n) is 1.99. The molecule has 0 aromatic carbocycles. The molecule has 0 saturated carbocycles. The maximum absolute atomic E-state index is 10.1. The molecule has 0 amide bonds. The molecule has 1 aliphatic heterocycles. The van der Waals surface area contributed by atoms with Gasteiger partial charge in [0.05, 0.1) is 0 Å². The van der Waals surface area contributed by atoms with Crippen molar-refractivity contribution in [1.29, 1.82) is 0 Å². The van der Waals surface area contributed by atoms with Crippen molar-refractivity contribution in [2.75, 3.05) is 6.54 Å². The number of carboxylic acids is 1. The smallest absolute Gasteiger partial charge is 1.00 e. The van der Waals surface area contributed by atoms with Gasteiger partial charge in [-0.15, -0.1) is 0 Å². The molecule has 0 radical (unpaired) electrons. The van der Waals surface area contributed by atoms with Gasteiger partial charge in [0.15, 0.2) is 0 Å². The maximum atomic E-state index is 10.1. The molecular weight excluding hydrogens is 129 g/mol. The van der Waals surface area contributed by atoms with Crippen molar-refractivity contribution in [3.05, 3.63) is 0 Å². The van der Waals surface area contributed by atoms with Gasteiger partial charge >= 0.3 is 35.5 Å². The molecule has 1 rings (SSSR count). The fourth-order valence-corrected chi connectivity index (χ4v) is 0.895. The van der Waals surface area contributed by atoms with Gasteiger partial charge in [-0.05, 0) is 19.4 Å². The Morgan fingerprint density at radius 3 is 2.67 bits per heavy atom. The average molecular weight is 139 g/mol. The second kappa shape index (κ2) is 4.28. The van der Waals surface area contributed by atoms with Crippen LogP contribution >= 0.6 is 0 Å². The molecule has 1 atom stereocenters. The normalized spacial score (nSPS) is 25.1. The maximum Gasteiger partial charge on any atom is 1.00 e. The molecule has 3 nitrogen and oxygen atoms in total. The van der Waals surface area contributed by atoms with Crippen molar-refractivity contribution >= 4 is 5.97 Å². The molecule has 48 valence electrons. The predicted octanol–water partition coefficient (Wildman–Crippen LogP) is -3.06. The summed E-state index contributed by atoms with van der Waals surface area (Å²) in [4.78, 5) is 10.1. The third kappa shape index (κ3) is 2.67. The van der Waals surface area contributed by atoms with E-state index in [0.29, 0.717) is 0 Å². The van der Waals surface area contributed by atoms with E-state index in [0.717, 1.165) is 19.4 Å². The molecule has 0 unspecified atom stereocenters. The molecule has 0 aliphatic carbocycles. The SMILES string of the molecule is O=C(O)[C@H]1CCCN1.[H-].[Na+]. The van der Waals surface area contributed by atoms with E-state index < -0.39 is 5.97 Å². The number of hydrogen-bond donors (Lipinski definition) is 2. The molecule has 1 heterocycles. The first kappa shape index (κ1) is 9.43. The minimum Gasteiger partial charge on any atom is -1.00 e. The quantitative estimate of drug-likeness (QED) is 0.379. The molecular formula is C5H10NNaO2. The van der Waals surface area contributed by atoms with Gasteiger partial charge in [-0.25, -0.2) is 0 Å². The number of nitrogens with one attached hydrogen (secondary N) is 1. The Hall–Kier alpha value is 0.430. The van der Waals surface area contributed by atoms with Gasteiger partial charge in [-0.3, -0.25) is 4.79 Å². The first-order chi connectivity index (χ1) is 3.80. The summed E-state index contributed by atoms with van der Waals surface area (Å²) in [5.74, 6) is -0.720. The summed E-state index contributed by atoms with van der Waals surface area (Å²) in [6, 6.07) is -0.269. The van der Waals surface area contributed by atoms with Crippen LogP contribution in [0.25, 0.3) is 0 Å². The molecule has 0 bridgehead atoms. The van der Waals surface area contributed by atoms with Gasteiger partial charge in [0.2, 0.25) is 0 Å². The van der Waals surface area contributed by atoms with E-state index >= 15 is 0 Å².